The fourth-order valence-corrected chi connectivity index (χ4v) is 3.16. The zero-order chi connectivity index (χ0) is 18.3. The van der Waals surface area contributed by atoms with Crippen LogP contribution >= 0.6 is 0 Å². The van der Waals surface area contributed by atoms with E-state index in [1.807, 2.05) is 0 Å². The highest BCUT2D eigenvalue weighted by Gasteiger charge is 2.12. The van der Waals surface area contributed by atoms with Gasteiger partial charge in [0.2, 0.25) is 10.0 Å². The van der Waals surface area contributed by atoms with Gasteiger partial charge in [-0.1, -0.05) is 18.2 Å². The molecule has 0 heterocycles. The Bertz CT molecular complexity index is 796. The number of benzene rings is 2. The molecule has 0 aliphatic carbocycles. The molecule has 0 saturated carbocycles. The Hall–Kier alpha value is -1.87. The molecule has 8 heteroatoms. The van der Waals surface area contributed by atoms with Gasteiger partial charge in [-0.15, -0.1) is 0 Å². The van der Waals surface area contributed by atoms with Crippen molar-refractivity contribution in [3.05, 3.63) is 65.2 Å². The lowest BCUT2D eigenvalue weighted by Gasteiger charge is -2.08. The summed E-state index contributed by atoms with van der Waals surface area (Å²) in [5, 5.41) is 3.09. The summed E-state index contributed by atoms with van der Waals surface area (Å²) in [5.41, 5.74) is 1.50. The summed E-state index contributed by atoms with van der Waals surface area (Å²) in [6.07, 6.45) is 0. The van der Waals surface area contributed by atoms with E-state index in [1.165, 1.54) is 25.3 Å². The Morgan fingerprint density at radius 2 is 1.60 bits per heavy atom. The minimum atomic E-state index is -3.55. The molecule has 0 radical (unpaired) electrons. The first-order valence-corrected chi connectivity index (χ1v) is 9.13. The van der Waals surface area contributed by atoms with E-state index >= 15 is 0 Å². The van der Waals surface area contributed by atoms with Crippen LogP contribution < -0.4 is 10.0 Å². The molecule has 0 aliphatic heterocycles. The molecule has 2 aromatic rings. The van der Waals surface area contributed by atoms with Gasteiger partial charge in [0, 0.05) is 26.7 Å². The molecule has 0 aromatic heterocycles. The molecule has 25 heavy (non-hydrogen) atoms. The van der Waals surface area contributed by atoms with Crippen molar-refractivity contribution in [3.8, 4) is 0 Å². The lowest BCUT2D eigenvalue weighted by atomic mass is 10.2. The Morgan fingerprint density at radius 3 is 2.24 bits per heavy atom. The van der Waals surface area contributed by atoms with E-state index in [9.17, 15) is 17.2 Å². The molecule has 0 bridgehead atoms. The molecule has 0 amide bonds. The van der Waals surface area contributed by atoms with E-state index in [4.69, 9.17) is 4.74 Å². The first kappa shape index (κ1) is 19.5. The third kappa shape index (κ3) is 5.86. The van der Waals surface area contributed by atoms with Crippen molar-refractivity contribution < 1.29 is 21.9 Å². The summed E-state index contributed by atoms with van der Waals surface area (Å²) in [6.45, 7) is 1.34. The van der Waals surface area contributed by atoms with Gasteiger partial charge >= 0.3 is 0 Å². The number of methoxy groups -OCH3 is 1. The monoisotopic (exact) mass is 370 g/mol. The van der Waals surface area contributed by atoms with E-state index in [0.29, 0.717) is 25.3 Å². The van der Waals surface area contributed by atoms with Crippen molar-refractivity contribution in [1.29, 1.82) is 0 Å². The Kier molecular flexibility index (Phi) is 7.01. The number of hydrogen-bond donors (Lipinski definition) is 2. The normalized spacial score (nSPS) is 11.6. The van der Waals surface area contributed by atoms with Gasteiger partial charge in [-0.3, -0.25) is 0 Å². The molecule has 0 spiro atoms. The molecule has 0 aliphatic rings. The molecular weight excluding hydrogens is 350 g/mol. The number of hydrogen-bond acceptors (Lipinski definition) is 4. The van der Waals surface area contributed by atoms with Crippen LogP contribution in [0.5, 0.6) is 0 Å². The summed E-state index contributed by atoms with van der Waals surface area (Å²) in [5.74, 6) is -1.76. The van der Waals surface area contributed by atoms with Crippen LogP contribution in [0.4, 0.5) is 8.78 Å². The molecule has 5 nitrogen and oxygen atoms in total. The van der Waals surface area contributed by atoms with E-state index in [1.54, 1.807) is 12.1 Å². The molecular formula is C17H20F2N2O3S. The van der Waals surface area contributed by atoms with Crippen LogP contribution in [0.25, 0.3) is 0 Å². The maximum absolute atomic E-state index is 13.1. The van der Waals surface area contributed by atoms with Crippen LogP contribution in [0, 0.1) is 11.6 Å². The predicted molar refractivity (Wildman–Crippen MR) is 90.4 cm³/mol. The molecule has 0 unspecified atom stereocenters. The van der Waals surface area contributed by atoms with Crippen molar-refractivity contribution >= 4 is 10.0 Å². The van der Waals surface area contributed by atoms with Crippen LogP contribution in [0.3, 0.4) is 0 Å². The summed E-state index contributed by atoms with van der Waals surface area (Å²) < 4.78 is 57.3. The zero-order valence-electron chi connectivity index (χ0n) is 13.8. The van der Waals surface area contributed by atoms with Gasteiger partial charge in [0.1, 0.15) is 0 Å². The maximum atomic E-state index is 13.1. The van der Waals surface area contributed by atoms with Gasteiger partial charge in [0.15, 0.2) is 11.6 Å². The van der Waals surface area contributed by atoms with Gasteiger partial charge in [0.25, 0.3) is 0 Å². The van der Waals surface area contributed by atoms with Crippen LogP contribution in [0.1, 0.15) is 11.1 Å². The quantitative estimate of drug-likeness (QED) is 0.664. The van der Waals surface area contributed by atoms with Crippen LogP contribution in [0.15, 0.2) is 47.4 Å². The Balaban J connectivity index is 1.88. The number of ether oxygens (including phenoxy) is 1. The third-order valence-electron chi connectivity index (χ3n) is 3.47. The minimum absolute atomic E-state index is 0.174. The van der Waals surface area contributed by atoms with Crippen molar-refractivity contribution in [3.63, 3.8) is 0 Å². The highest BCUT2D eigenvalue weighted by atomic mass is 32.2. The summed E-state index contributed by atoms with van der Waals surface area (Å²) in [4.78, 5) is 0.174. The van der Waals surface area contributed by atoms with Crippen molar-refractivity contribution in [2.45, 2.75) is 18.0 Å². The van der Waals surface area contributed by atoms with Crippen molar-refractivity contribution in [2.75, 3.05) is 20.3 Å². The molecule has 2 aromatic carbocycles. The predicted octanol–water partition coefficient (Wildman–Crippen LogP) is 2.18. The Labute approximate surface area is 146 Å². The van der Waals surface area contributed by atoms with Crippen molar-refractivity contribution in [2.24, 2.45) is 0 Å². The van der Waals surface area contributed by atoms with Gasteiger partial charge in [-0.2, -0.15) is 0 Å². The SMILES string of the molecule is COCCNS(=O)(=O)c1ccc(CNCc2ccc(F)c(F)c2)cc1. The lowest BCUT2D eigenvalue weighted by molar-refractivity contribution is 0.204. The van der Waals surface area contributed by atoms with Gasteiger partial charge in [0.05, 0.1) is 11.5 Å². The number of sulfonamides is 1. The molecule has 136 valence electrons. The first-order chi connectivity index (χ1) is 11.9. The zero-order valence-corrected chi connectivity index (χ0v) is 14.6. The standard InChI is InChI=1S/C17H20F2N2O3S/c1-24-9-8-21-25(22,23)15-5-2-13(3-6-15)11-20-12-14-4-7-16(18)17(19)10-14/h2-7,10,20-21H,8-9,11-12H2,1H3. The van der Waals surface area contributed by atoms with E-state index < -0.39 is 21.7 Å². The average Bonchev–Trinajstić information content (AvgIpc) is 2.59. The van der Waals surface area contributed by atoms with Gasteiger partial charge in [-0.25, -0.2) is 21.9 Å². The summed E-state index contributed by atoms with van der Waals surface area (Å²) >= 11 is 0. The Morgan fingerprint density at radius 1 is 0.960 bits per heavy atom. The first-order valence-electron chi connectivity index (χ1n) is 7.64. The van der Waals surface area contributed by atoms with Crippen molar-refractivity contribution in [1.82, 2.24) is 10.0 Å². The second kappa shape index (κ2) is 9.00. The van der Waals surface area contributed by atoms with Crippen LogP contribution in [0.2, 0.25) is 0 Å². The maximum Gasteiger partial charge on any atom is 0.240 e. The molecule has 2 N–H and O–H groups in total. The summed E-state index contributed by atoms with van der Waals surface area (Å²) in [6, 6.07) is 10.2. The van der Waals surface area contributed by atoms with Crippen LogP contribution in [-0.2, 0) is 27.8 Å². The van der Waals surface area contributed by atoms with Gasteiger partial charge < -0.3 is 10.1 Å². The summed E-state index contributed by atoms with van der Waals surface area (Å²) in [7, 11) is -2.05. The largest absolute Gasteiger partial charge is 0.383 e. The lowest BCUT2D eigenvalue weighted by Crippen LogP contribution is -2.27. The second-order valence-electron chi connectivity index (χ2n) is 5.39. The highest BCUT2D eigenvalue weighted by molar-refractivity contribution is 7.89. The highest BCUT2D eigenvalue weighted by Crippen LogP contribution is 2.11. The topological polar surface area (TPSA) is 67.4 Å². The molecule has 0 fully saturated rings. The molecule has 0 atom stereocenters. The van der Waals surface area contributed by atoms with Crippen LogP contribution in [-0.4, -0.2) is 28.7 Å². The molecule has 2 rings (SSSR count). The molecule has 0 saturated heterocycles. The minimum Gasteiger partial charge on any atom is -0.383 e. The number of halogens is 2. The fraction of sp³-hybridized carbons (Fsp3) is 0.294. The van der Waals surface area contributed by atoms with E-state index in [2.05, 4.69) is 10.0 Å². The van der Waals surface area contributed by atoms with E-state index in [-0.39, 0.29) is 11.4 Å². The smallest absolute Gasteiger partial charge is 0.240 e. The third-order valence-corrected chi connectivity index (χ3v) is 4.95. The van der Waals surface area contributed by atoms with E-state index in [0.717, 1.165) is 17.7 Å². The number of rotatable bonds is 9. The van der Waals surface area contributed by atoms with Gasteiger partial charge in [-0.05, 0) is 35.4 Å². The fourth-order valence-electron chi connectivity index (χ4n) is 2.15. The number of nitrogens with one attached hydrogen (secondary N) is 2. The second-order valence-corrected chi connectivity index (χ2v) is 7.15. The average molecular weight is 370 g/mol.